The Hall–Kier alpha value is -3.64. The maximum atomic E-state index is 13.9. The summed E-state index contributed by atoms with van der Waals surface area (Å²) in [6.07, 6.45) is 8.10. The van der Waals surface area contributed by atoms with Crippen molar-refractivity contribution in [2.45, 2.75) is 49.0 Å². The van der Waals surface area contributed by atoms with E-state index < -0.39 is 15.4 Å². The van der Waals surface area contributed by atoms with Gasteiger partial charge in [0.15, 0.2) is 5.82 Å². The standard InChI is InChI=1S/C30H29N3O2S/c1-22-15-17-26(18-16-22)36(34,35)33-28-21-30(23-9-4-2-5-10-23,24-11-6-3-7-12-24)20-19-27(28)29(32-33)31-25-13-8-14-25/h2-7,9-12,15-20,25H,8,13-14,21H2,1H3,(H,31,32). The van der Waals surface area contributed by atoms with Gasteiger partial charge in [-0.05, 0) is 49.4 Å². The van der Waals surface area contributed by atoms with E-state index in [4.69, 9.17) is 5.10 Å². The van der Waals surface area contributed by atoms with E-state index in [1.807, 2.05) is 55.5 Å². The zero-order valence-electron chi connectivity index (χ0n) is 20.3. The van der Waals surface area contributed by atoms with Crippen molar-refractivity contribution in [3.63, 3.8) is 0 Å². The maximum absolute atomic E-state index is 13.9. The third kappa shape index (κ3) is 3.77. The normalized spacial score (nSPS) is 16.8. The summed E-state index contributed by atoms with van der Waals surface area (Å²) in [7, 11) is -3.88. The molecule has 0 unspecified atom stereocenters. The van der Waals surface area contributed by atoms with Gasteiger partial charge in [-0.1, -0.05) is 90.5 Å². The molecule has 1 heterocycles. The Bertz CT molecular complexity index is 1480. The largest absolute Gasteiger partial charge is 0.365 e. The number of benzene rings is 3. The Balaban J connectivity index is 1.54. The number of aryl methyl sites for hydroxylation is 1. The van der Waals surface area contributed by atoms with Gasteiger partial charge in [-0.15, -0.1) is 5.10 Å². The Labute approximate surface area is 212 Å². The fraction of sp³-hybridized carbons (Fsp3) is 0.233. The van der Waals surface area contributed by atoms with Crippen molar-refractivity contribution in [1.82, 2.24) is 9.19 Å². The molecule has 5 nitrogen and oxygen atoms in total. The molecule has 0 bridgehead atoms. The number of hydrogen-bond acceptors (Lipinski definition) is 4. The molecule has 0 spiro atoms. The molecule has 2 aliphatic carbocycles. The van der Waals surface area contributed by atoms with Gasteiger partial charge >= 0.3 is 0 Å². The van der Waals surface area contributed by atoms with E-state index in [9.17, 15) is 8.42 Å². The van der Waals surface area contributed by atoms with Gasteiger partial charge in [0.1, 0.15) is 0 Å². The van der Waals surface area contributed by atoms with E-state index in [-0.39, 0.29) is 4.90 Å². The molecule has 6 heteroatoms. The van der Waals surface area contributed by atoms with Crippen LogP contribution in [0.2, 0.25) is 0 Å². The Morgan fingerprint density at radius 2 is 1.50 bits per heavy atom. The number of hydrogen-bond donors (Lipinski definition) is 1. The monoisotopic (exact) mass is 495 g/mol. The van der Waals surface area contributed by atoms with Crippen molar-refractivity contribution in [3.05, 3.63) is 119 Å². The Morgan fingerprint density at radius 3 is 2.06 bits per heavy atom. The van der Waals surface area contributed by atoms with Crippen LogP contribution in [0.5, 0.6) is 0 Å². The average Bonchev–Trinajstić information content (AvgIpc) is 3.25. The summed E-state index contributed by atoms with van der Waals surface area (Å²) in [5, 5.41) is 8.22. The molecule has 0 atom stereocenters. The molecule has 1 saturated carbocycles. The lowest BCUT2D eigenvalue weighted by Crippen LogP contribution is -2.32. The summed E-state index contributed by atoms with van der Waals surface area (Å²) in [5.74, 6) is 0.649. The van der Waals surface area contributed by atoms with Gasteiger partial charge in [0.2, 0.25) is 0 Å². The van der Waals surface area contributed by atoms with Crippen LogP contribution in [0.3, 0.4) is 0 Å². The molecular weight excluding hydrogens is 466 g/mol. The van der Waals surface area contributed by atoms with E-state index in [0.29, 0.717) is 24.0 Å². The second-order valence-electron chi connectivity index (χ2n) is 9.86. The van der Waals surface area contributed by atoms with E-state index in [1.54, 1.807) is 12.1 Å². The van der Waals surface area contributed by atoms with Gasteiger partial charge in [-0.2, -0.15) is 12.5 Å². The van der Waals surface area contributed by atoms with Gasteiger partial charge in [-0.25, -0.2) is 0 Å². The number of aromatic nitrogens is 2. The average molecular weight is 496 g/mol. The molecule has 2 aliphatic rings. The quantitative estimate of drug-likeness (QED) is 0.359. The lowest BCUT2D eigenvalue weighted by Gasteiger charge is -2.35. The van der Waals surface area contributed by atoms with Crippen molar-refractivity contribution >= 4 is 21.9 Å². The number of fused-ring (bicyclic) bond motifs is 1. The minimum Gasteiger partial charge on any atom is -0.365 e. The molecule has 4 aromatic rings. The summed E-state index contributed by atoms with van der Waals surface area (Å²) in [5.41, 5.74) is 4.30. The number of allylic oxidation sites excluding steroid dienone is 1. The summed E-state index contributed by atoms with van der Waals surface area (Å²) >= 11 is 0. The number of nitrogens with one attached hydrogen (secondary N) is 1. The fourth-order valence-corrected chi connectivity index (χ4v) is 6.55. The molecule has 6 rings (SSSR count). The van der Waals surface area contributed by atoms with Crippen LogP contribution in [0.15, 0.2) is 95.9 Å². The van der Waals surface area contributed by atoms with Crippen LogP contribution in [-0.4, -0.2) is 23.6 Å². The van der Waals surface area contributed by atoms with Crippen LogP contribution in [-0.2, 0) is 21.9 Å². The molecule has 36 heavy (non-hydrogen) atoms. The van der Waals surface area contributed by atoms with Crippen LogP contribution < -0.4 is 5.32 Å². The SMILES string of the molecule is Cc1ccc(S(=O)(=O)n2nc(NC3CCC3)c3c2CC(c2ccccc2)(c2ccccc2)C=C3)cc1. The highest BCUT2D eigenvalue weighted by Gasteiger charge is 2.40. The van der Waals surface area contributed by atoms with Crippen LogP contribution >= 0.6 is 0 Å². The molecule has 1 N–H and O–H groups in total. The summed E-state index contributed by atoms with van der Waals surface area (Å²) in [6, 6.07) is 27.9. The molecular formula is C30H29N3O2S. The van der Waals surface area contributed by atoms with Crippen molar-refractivity contribution in [2.24, 2.45) is 0 Å². The molecule has 0 aliphatic heterocycles. The Morgan fingerprint density at radius 1 is 0.889 bits per heavy atom. The second kappa shape index (κ2) is 8.79. The van der Waals surface area contributed by atoms with Crippen LogP contribution in [0.1, 0.15) is 47.2 Å². The minimum absolute atomic E-state index is 0.244. The van der Waals surface area contributed by atoms with Crippen LogP contribution in [0.25, 0.3) is 6.08 Å². The third-order valence-electron chi connectivity index (χ3n) is 7.54. The lowest BCUT2D eigenvalue weighted by atomic mass is 9.68. The first-order valence-corrected chi connectivity index (χ1v) is 13.9. The molecule has 3 aromatic carbocycles. The van der Waals surface area contributed by atoms with Gasteiger partial charge in [0.25, 0.3) is 10.0 Å². The topological polar surface area (TPSA) is 64.0 Å². The predicted molar refractivity (Wildman–Crippen MR) is 144 cm³/mol. The first-order valence-electron chi connectivity index (χ1n) is 12.5. The van der Waals surface area contributed by atoms with Crippen LogP contribution in [0, 0.1) is 6.92 Å². The van der Waals surface area contributed by atoms with Crippen molar-refractivity contribution in [1.29, 1.82) is 0 Å². The fourth-order valence-electron chi connectivity index (χ4n) is 5.23. The molecule has 1 aromatic heterocycles. The van der Waals surface area contributed by atoms with Crippen molar-refractivity contribution in [3.8, 4) is 0 Å². The van der Waals surface area contributed by atoms with Crippen LogP contribution in [0.4, 0.5) is 5.82 Å². The van der Waals surface area contributed by atoms with Gasteiger partial charge in [0.05, 0.1) is 10.6 Å². The van der Waals surface area contributed by atoms with Gasteiger partial charge in [0, 0.05) is 23.4 Å². The Kier molecular flexibility index (Phi) is 5.56. The molecule has 0 radical (unpaired) electrons. The van der Waals surface area contributed by atoms with Crippen molar-refractivity contribution in [2.75, 3.05) is 5.32 Å². The number of rotatable bonds is 6. The zero-order chi connectivity index (χ0) is 24.8. The third-order valence-corrected chi connectivity index (χ3v) is 9.16. The maximum Gasteiger partial charge on any atom is 0.283 e. The highest BCUT2D eigenvalue weighted by molar-refractivity contribution is 7.89. The molecule has 0 saturated heterocycles. The smallest absolute Gasteiger partial charge is 0.283 e. The van der Waals surface area contributed by atoms with E-state index in [2.05, 4.69) is 41.7 Å². The molecule has 182 valence electrons. The number of nitrogens with zero attached hydrogens (tertiary/aromatic N) is 2. The first-order chi connectivity index (χ1) is 17.5. The molecule has 1 fully saturated rings. The van der Waals surface area contributed by atoms with E-state index >= 15 is 0 Å². The minimum atomic E-state index is -3.88. The van der Waals surface area contributed by atoms with E-state index in [1.165, 1.54) is 10.5 Å². The lowest BCUT2D eigenvalue weighted by molar-refractivity contribution is 0.444. The summed E-state index contributed by atoms with van der Waals surface area (Å²) in [6.45, 7) is 1.95. The molecule has 0 amide bonds. The van der Waals surface area contributed by atoms with Gasteiger partial charge in [-0.3, -0.25) is 0 Å². The highest BCUT2D eigenvalue weighted by Crippen LogP contribution is 2.44. The first kappa shape index (κ1) is 22.8. The predicted octanol–water partition coefficient (Wildman–Crippen LogP) is 5.95. The van der Waals surface area contributed by atoms with Crippen molar-refractivity contribution < 1.29 is 8.42 Å². The zero-order valence-corrected chi connectivity index (χ0v) is 21.1. The highest BCUT2D eigenvalue weighted by atomic mass is 32.2. The van der Waals surface area contributed by atoms with E-state index in [0.717, 1.165) is 35.1 Å². The summed E-state index contributed by atoms with van der Waals surface area (Å²) in [4.78, 5) is 0.244. The summed E-state index contributed by atoms with van der Waals surface area (Å²) < 4.78 is 29.1. The van der Waals surface area contributed by atoms with Gasteiger partial charge < -0.3 is 5.32 Å². The second-order valence-corrected chi connectivity index (χ2v) is 11.6. The number of anilines is 1.